The molecule has 0 aliphatic carbocycles. The summed E-state index contributed by atoms with van der Waals surface area (Å²) in [5.74, 6) is 0. The summed E-state index contributed by atoms with van der Waals surface area (Å²) in [6.45, 7) is 9.12. The van der Waals surface area contributed by atoms with Crippen molar-refractivity contribution in [3.05, 3.63) is 66.0 Å². The lowest BCUT2D eigenvalue weighted by Crippen LogP contribution is -2.09. The average Bonchev–Trinajstić information content (AvgIpc) is 3.15. The third-order valence-corrected chi connectivity index (χ3v) is 5.88. The Morgan fingerprint density at radius 1 is 0.964 bits per heavy atom. The average molecular weight is 365 g/mol. The second kappa shape index (κ2) is 5.05. The third-order valence-electron chi connectivity index (χ3n) is 5.88. The first-order valence-electron chi connectivity index (χ1n) is 9.96. The van der Waals surface area contributed by atoms with Crippen LogP contribution in [0, 0.1) is 12.3 Å². The number of para-hydroxylation sites is 1. The molecule has 0 unspecified atom stereocenters. The quantitative estimate of drug-likeness (QED) is 0.331. The Kier molecular flexibility index (Phi) is 2.87. The Balaban J connectivity index is 1.93. The van der Waals surface area contributed by atoms with Crippen LogP contribution < -0.4 is 0 Å². The number of pyridine rings is 1. The lowest BCUT2D eigenvalue weighted by molar-refractivity contribution is 0.411. The first kappa shape index (κ1) is 15.9. The molecule has 4 aromatic heterocycles. The molecule has 4 heterocycles. The van der Waals surface area contributed by atoms with Gasteiger partial charge in [-0.25, -0.2) is 4.98 Å². The summed E-state index contributed by atoms with van der Waals surface area (Å²) >= 11 is 0. The molecular weight excluding hydrogens is 342 g/mol. The third kappa shape index (κ3) is 1.96. The van der Waals surface area contributed by atoms with E-state index in [4.69, 9.17) is 4.98 Å². The molecule has 3 heteroatoms. The van der Waals surface area contributed by atoms with Crippen molar-refractivity contribution in [3.8, 4) is 0 Å². The van der Waals surface area contributed by atoms with Gasteiger partial charge in [0.15, 0.2) is 0 Å². The topological polar surface area (TPSA) is 21.7 Å². The number of benzene rings is 2. The van der Waals surface area contributed by atoms with Gasteiger partial charge in [-0.15, -0.1) is 0 Å². The highest BCUT2D eigenvalue weighted by molar-refractivity contribution is 6.16. The molecule has 6 rings (SSSR count). The Morgan fingerprint density at radius 2 is 1.79 bits per heavy atom. The van der Waals surface area contributed by atoms with Gasteiger partial charge in [-0.1, -0.05) is 45.0 Å². The highest BCUT2D eigenvalue weighted by atomic mass is 15.1. The van der Waals surface area contributed by atoms with Crippen molar-refractivity contribution in [3.63, 3.8) is 0 Å². The molecule has 3 nitrogen and oxygen atoms in total. The number of hydrogen-bond donors (Lipinski definition) is 0. The molecule has 0 spiro atoms. The molecule has 2 aromatic carbocycles. The maximum absolute atomic E-state index is 4.80. The fourth-order valence-corrected chi connectivity index (χ4v) is 4.98. The Hall–Kier alpha value is -3.07. The van der Waals surface area contributed by atoms with Crippen LogP contribution in [-0.2, 0) is 6.42 Å². The maximum Gasteiger partial charge on any atom is 0.148 e. The van der Waals surface area contributed by atoms with Gasteiger partial charge >= 0.3 is 0 Å². The SMILES string of the molecule is Cc1cn2c3nccc4cc(CC(C)(C)C)cc(c43)n3c4ccccc4c1c23. The zero-order valence-electron chi connectivity index (χ0n) is 16.7. The predicted molar refractivity (Wildman–Crippen MR) is 118 cm³/mol. The smallest absolute Gasteiger partial charge is 0.148 e. The van der Waals surface area contributed by atoms with Crippen LogP contribution in [0.15, 0.2) is 54.9 Å². The van der Waals surface area contributed by atoms with Gasteiger partial charge in [-0.2, -0.15) is 0 Å². The highest BCUT2D eigenvalue weighted by Crippen LogP contribution is 2.38. The summed E-state index contributed by atoms with van der Waals surface area (Å²) in [5.41, 5.74) is 7.74. The summed E-state index contributed by atoms with van der Waals surface area (Å²) in [5, 5.41) is 5.16. The van der Waals surface area contributed by atoms with E-state index >= 15 is 0 Å². The molecule has 0 N–H and O–H groups in total. The molecule has 0 aliphatic heterocycles. The Morgan fingerprint density at radius 3 is 2.61 bits per heavy atom. The summed E-state index contributed by atoms with van der Waals surface area (Å²) in [6.07, 6.45) is 5.24. The maximum atomic E-state index is 4.80. The largest absolute Gasteiger partial charge is 0.294 e. The van der Waals surface area contributed by atoms with E-state index in [9.17, 15) is 0 Å². The van der Waals surface area contributed by atoms with Crippen molar-refractivity contribution >= 4 is 43.9 Å². The van der Waals surface area contributed by atoms with E-state index in [0.717, 1.165) is 12.1 Å². The van der Waals surface area contributed by atoms with Gasteiger partial charge in [0.05, 0.1) is 11.0 Å². The van der Waals surface area contributed by atoms with Crippen molar-refractivity contribution in [1.29, 1.82) is 0 Å². The molecule has 0 saturated carbocycles. The normalized spacial score (nSPS) is 13.1. The van der Waals surface area contributed by atoms with Crippen molar-refractivity contribution in [2.45, 2.75) is 34.1 Å². The summed E-state index contributed by atoms with van der Waals surface area (Å²) in [6, 6.07) is 15.6. The highest BCUT2D eigenvalue weighted by Gasteiger charge is 2.21. The van der Waals surface area contributed by atoms with Crippen LogP contribution >= 0.6 is 0 Å². The molecule has 0 radical (unpaired) electrons. The van der Waals surface area contributed by atoms with Gasteiger partial charge in [0.1, 0.15) is 11.3 Å². The van der Waals surface area contributed by atoms with Gasteiger partial charge < -0.3 is 0 Å². The second-order valence-electron chi connectivity index (χ2n) is 9.32. The molecular formula is C25H23N3. The van der Waals surface area contributed by atoms with Crippen molar-refractivity contribution in [1.82, 2.24) is 13.8 Å². The van der Waals surface area contributed by atoms with Crippen LogP contribution in [0.1, 0.15) is 31.9 Å². The van der Waals surface area contributed by atoms with E-state index < -0.39 is 0 Å². The Labute approximate surface area is 163 Å². The molecule has 0 aliphatic rings. The first-order chi connectivity index (χ1) is 13.4. The van der Waals surface area contributed by atoms with E-state index in [2.05, 4.69) is 85.2 Å². The van der Waals surface area contributed by atoms with Gasteiger partial charge in [0.25, 0.3) is 0 Å². The molecule has 0 bridgehead atoms. The van der Waals surface area contributed by atoms with E-state index in [0.29, 0.717) is 0 Å². The van der Waals surface area contributed by atoms with Gasteiger partial charge in [-0.3, -0.25) is 8.80 Å². The van der Waals surface area contributed by atoms with Crippen LogP contribution in [0.3, 0.4) is 0 Å². The van der Waals surface area contributed by atoms with Crippen molar-refractivity contribution < 1.29 is 0 Å². The number of fused-ring (bicyclic) bond motifs is 5. The first-order valence-corrected chi connectivity index (χ1v) is 9.96. The number of nitrogens with zero attached hydrogens (tertiary/aromatic N) is 3. The number of aryl methyl sites for hydroxylation is 1. The monoisotopic (exact) mass is 365 g/mol. The van der Waals surface area contributed by atoms with E-state index in [-0.39, 0.29) is 5.41 Å². The number of hydrogen-bond acceptors (Lipinski definition) is 1. The van der Waals surface area contributed by atoms with Crippen molar-refractivity contribution in [2.24, 2.45) is 5.41 Å². The lowest BCUT2D eigenvalue weighted by atomic mass is 9.87. The predicted octanol–water partition coefficient (Wildman–Crippen LogP) is 6.38. The van der Waals surface area contributed by atoms with E-state index in [1.165, 1.54) is 49.4 Å². The minimum Gasteiger partial charge on any atom is -0.294 e. The number of aromatic nitrogens is 3. The summed E-state index contributed by atoms with van der Waals surface area (Å²) < 4.78 is 4.73. The summed E-state index contributed by atoms with van der Waals surface area (Å²) in [4.78, 5) is 4.80. The molecule has 138 valence electrons. The van der Waals surface area contributed by atoms with Crippen molar-refractivity contribution in [2.75, 3.05) is 0 Å². The molecule has 0 atom stereocenters. The summed E-state index contributed by atoms with van der Waals surface area (Å²) in [7, 11) is 0. The number of rotatable bonds is 1. The van der Waals surface area contributed by atoms with Crippen LogP contribution in [-0.4, -0.2) is 13.8 Å². The Bertz CT molecular complexity index is 1520. The lowest BCUT2D eigenvalue weighted by Gasteiger charge is -2.20. The molecule has 28 heavy (non-hydrogen) atoms. The van der Waals surface area contributed by atoms with Gasteiger partial charge in [0, 0.05) is 28.6 Å². The molecule has 6 aromatic rings. The van der Waals surface area contributed by atoms with Crippen LogP contribution in [0.2, 0.25) is 0 Å². The second-order valence-corrected chi connectivity index (χ2v) is 9.32. The standard InChI is InChI=1S/C25H23N3/c1-15-14-27-23-22-17(9-10-26-23)11-16(13-25(2,3)4)12-20(22)28-19-8-6-5-7-18(19)21(15)24(27)28/h5-12,14H,13H2,1-4H3. The van der Waals surface area contributed by atoms with Crippen LogP contribution in [0.5, 0.6) is 0 Å². The molecule has 0 amide bonds. The fraction of sp³-hybridized carbons (Fsp3) is 0.240. The van der Waals surface area contributed by atoms with Crippen LogP contribution in [0.25, 0.3) is 43.9 Å². The molecule has 0 fully saturated rings. The fourth-order valence-electron chi connectivity index (χ4n) is 4.98. The van der Waals surface area contributed by atoms with E-state index in [1.54, 1.807) is 0 Å². The van der Waals surface area contributed by atoms with E-state index in [1.807, 2.05) is 6.20 Å². The zero-order valence-corrected chi connectivity index (χ0v) is 16.7. The van der Waals surface area contributed by atoms with Gasteiger partial charge in [0.2, 0.25) is 0 Å². The molecule has 0 saturated heterocycles. The zero-order chi connectivity index (χ0) is 19.2. The van der Waals surface area contributed by atoms with Gasteiger partial charge in [-0.05, 0) is 53.5 Å². The van der Waals surface area contributed by atoms with Crippen LogP contribution in [0.4, 0.5) is 0 Å². The minimum absolute atomic E-state index is 0.246. The minimum atomic E-state index is 0.246.